The van der Waals surface area contributed by atoms with Crippen LogP contribution in [0.3, 0.4) is 0 Å². The highest BCUT2D eigenvalue weighted by molar-refractivity contribution is 8.01. The van der Waals surface area contributed by atoms with Gasteiger partial charge in [0, 0.05) is 18.4 Å². The van der Waals surface area contributed by atoms with Crippen molar-refractivity contribution >= 4 is 56.5 Å². The molecule has 8 heteroatoms. The second-order valence-corrected chi connectivity index (χ2v) is 9.64. The van der Waals surface area contributed by atoms with Gasteiger partial charge in [0.15, 0.2) is 10.9 Å². The first kappa shape index (κ1) is 22.8. The third-order valence-electron chi connectivity index (χ3n) is 4.88. The zero-order valence-corrected chi connectivity index (χ0v) is 19.9. The molecule has 4 rings (SSSR count). The van der Waals surface area contributed by atoms with E-state index in [0.29, 0.717) is 17.2 Å². The minimum Gasteiger partial charge on any atom is -0.484 e. The number of nitrogens with one attached hydrogen (secondary N) is 1. The lowest BCUT2D eigenvalue weighted by atomic mass is 10.2. The van der Waals surface area contributed by atoms with Crippen LogP contribution in [0.2, 0.25) is 0 Å². The van der Waals surface area contributed by atoms with Crippen molar-refractivity contribution in [3.05, 3.63) is 78.4 Å². The first-order valence-corrected chi connectivity index (χ1v) is 12.1. The summed E-state index contributed by atoms with van der Waals surface area (Å²) < 4.78 is 7.29. The SMILES string of the molecule is Cc1ccc(OCC(=O)Nc2ccc3nc(SCC(=O)N(C)c4ccccc4)sc3c2)cc1. The number of carbonyl (C=O) groups excluding carboxylic acids is 2. The van der Waals surface area contributed by atoms with Gasteiger partial charge in [0.1, 0.15) is 5.75 Å². The van der Waals surface area contributed by atoms with Crippen molar-refractivity contribution in [3.63, 3.8) is 0 Å². The molecule has 6 nitrogen and oxygen atoms in total. The van der Waals surface area contributed by atoms with Gasteiger partial charge in [-0.3, -0.25) is 9.59 Å². The number of ether oxygens (including phenoxy) is 1. The van der Waals surface area contributed by atoms with Crippen LogP contribution in [0.5, 0.6) is 5.75 Å². The molecule has 0 saturated heterocycles. The summed E-state index contributed by atoms with van der Waals surface area (Å²) in [5.74, 6) is 0.726. The van der Waals surface area contributed by atoms with E-state index in [1.807, 2.05) is 79.7 Å². The van der Waals surface area contributed by atoms with Gasteiger partial charge in [0.05, 0.1) is 16.0 Å². The van der Waals surface area contributed by atoms with Crippen molar-refractivity contribution < 1.29 is 14.3 Å². The average Bonchev–Trinajstić information content (AvgIpc) is 3.24. The molecule has 0 saturated carbocycles. The fourth-order valence-electron chi connectivity index (χ4n) is 3.04. The van der Waals surface area contributed by atoms with E-state index in [1.165, 1.54) is 23.1 Å². The number of thioether (sulfide) groups is 1. The van der Waals surface area contributed by atoms with E-state index in [2.05, 4.69) is 10.3 Å². The number of carbonyl (C=O) groups is 2. The molecule has 0 aliphatic rings. The van der Waals surface area contributed by atoms with Crippen LogP contribution >= 0.6 is 23.1 Å². The molecule has 1 N–H and O–H groups in total. The molecule has 4 aromatic rings. The highest BCUT2D eigenvalue weighted by Gasteiger charge is 2.13. The molecule has 168 valence electrons. The average molecular weight is 478 g/mol. The van der Waals surface area contributed by atoms with Crippen molar-refractivity contribution in [2.75, 3.05) is 29.6 Å². The Hall–Kier alpha value is -3.36. The summed E-state index contributed by atoms with van der Waals surface area (Å²) in [6.45, 7) is 1.93. The van der Waals surface area contributed by atoms with Gasteiger partial charge in [-0.25, -0.2) is 4.98 Å². The van der Waals surface area contributed by atoms with E-state index in [1.54, 1.807) is 11.9 Å². The molecule has 0 aliphatic heterocycles. The van der Waals surface area contributed by atoms with Gasteiger partial charge in [-0.05, 0) is 49.4 Å². The second kappa shape index (κ2) is 10.5. The molecule has 0 spiro atoms. The highest BCUT2D eigenvalue weighted by Crippen LogP contribution is 2.31. The van der Waals surface area contributed by atoms with Crippen LogP contribution in [-0.2, 0) is 9.59 Å². The Balaban J connectivity index is 1.32. The van der Waals surface area contributed by atoms with E-state index in [-0.39, 0.29) is 18.4 Å². The maximum Gasteiger partial charge on any atom is 0.262 e. The van der Waals surface area contributed by atoms with Crippen LogP contribution in [-0.4, -0.2) is 36.2 Å². The number of rotatable bonds is 8. The van der Waals surface area contributed by atoms with E-state index < -0.39 is 0 Å². The Morgan fingerprint density at radius 3 is 2.58 bits per heavy atom. The third-order valence-corrected chi connectivity index (χ3v) is 7.03. The number of hydrogen-bond donors (Lipinski definition) is 1. The molecule has 3 aromatic carbocycles. The number of aromatic nitrogens is 1. The Kier molecular flexibility index (Phi) is 7.26. The second-order valence-electron chi connectivity index (χ2n) is 7.39. The molecule has 1 aromatic heterocycles. The number of aryl methyl sites for hydroxylation is 1. The van der Waals surface area contributed by atoms with Gasteiger partial charge < -0.3 is 15.0 Å². The zero-order chi connectivity index (χ0) is 23.2. The number of amides is 2. The molecule has 0 atom stereocenters. The largest absolute Gasteiger partial charge is 0.484 e. The summed E-state index contributed by atoms with van der Waals surface area (Å²) in [6.07, 6.45) is 0. The number of thiazole rings is 1. The van der Waals surface area contributed by atoms with Gasteiger partial charge in [0.2, 0.25) is 5.91 Å². The van der Waals surface area contributed by atoms with Gasteiger partial charge >= 0.3 is 0 Å². The van der Waals surface area contributed by atoms with Crippen LogP contribution in [0.1, 0.15) is 5.56 Å². The van der Waals surface area contributed by atoms with Gasteiger partial charge in [0.25, 0.3) is 5.91 Å². The van der Waals surface area contributed by atoms with E-state index in [0.717, 1.165) is 25.8 Å². The fraction of sp³-hybridized carbons (Fsp3) is 0.160. The summed E-state index contributed by atoms with van der Waals surface area (Å²) in [7, 11) is 1.77. The molecule has 0 radical (unpaired) electrons. The monoisotopic (exact) mass is 477 g/mol. The summed E-state index contributed by atoms with van der Waals surface area (Å²) in [4.78, 5) is 31.0. The van der Waals surface area contributed by atoms with E-state index in [4.69, 9.17) is 4.74 Å². The lowest BCUT2D eigenvalue weighted by Gasteiger charge is -2.16. The van der Waals surface area contributed by atoms with Crippen molar-refractivity contribution in [2.45, 2.75) is 11.3 Å². The molecule has 0 bridgehead atoms. The summed E-state index contributed by atoms with van der Waals surface area (Å²) in [5.41, 5.74) is 3.51. The van der Waals surface area contributed by atoms with E-state index in [9.17, 15) is 9.59 Å². The van der Waals surface area contributed by atoms with Crippen LogP contribution in [0.25, 0.3) is 10.2 Å². The third kappa shape index (κ3) is 6.12. The minimum atomic E-state index is -0.233. The summed E-state index contributed by atoms with van der Waals surface area (Å²) in [6, 6.07) is 22.7. The lowest BCUT2D eigenvalue weighted by molar-refractivity contribution is -0.118. The minimum absolute atomic E-state index is 0.00647. The van der Waals surface area contributed by atoms with Crippen LogP contribution in [0.15, 0.2) is 77.1 Å². The number of nitrogens with zero attached hydrogens (tertiary/aromatic N) is 2. The quantitative estimate of drug-likeness (QED) is 0.345. The first-order chi connectivity index (χ1) is 16.0. The first-order valence-electron chi connectivity index (χ1n) is 10.3. The molecule has 0 unspecified atom stereocenters. The van der Waals surface area contributed by atoms with Crippen LogP contribution in [0.4, 0.5) is 11.4 Å². The number of hydrogen-bond acceptors (Lipinski definition) is 6. The molecule has 0 aliphatic carbocycles. The predicted octanol–water partition coefficient (Wildman–Crippen LogP) is 5.38. The molecular formula is C25H23N3O3S2. The van der Waals surface area contributed by atoms with Crippen molar-refractivity contribution in [1.82, 2.24) is 4.98 Å². The molecule has 33 heavy (non-hydrogen) atoms. The Morgan fingerprint density at radius 1 is 1.06 bits per heavy atom. The lowest BCUT2D eigenvalue weighted by Crippen LogP contribution is -2.27. The maximum absolute atomic E-state index is 12.5. The Bertz CT molecular complexity index is 1260. The topological polar surface area (TPSA) is 71.5 Å². The van der Waals surface area contributed by atoms with Crippen molar-refractivity contribution in [2.24, 2.45) is 0 Å². The molecule has 1 heterocycles. The summed E-state index contributed by atoms with van der Waals surface area (Å²) >= 11 is 2.91. The summed E-state index contributed by atoms with van der Waals surface area (Å²) in [5, 5.41) is 2.86. The van der Waals surface area contributed by atoms with Crippen molar-refractivity contribution in [1.29, 1.82) is 0 Å². The van der Waals surface area contributed by atoms with E-state index >= 15 is 0 Å². The Labute approximate surface area is 200 Å². The van der Waals surface area contributed by atoms with Gasteiger partial charge in [-0.15, -0.1) is 11.3 Å². The number of benzene rings is 3. The fourth-order valence-corrected chi connectivity index (χ4v) is 5.06. The molecule has 0 fully saturated rings. The van der Waals surface area contributed by atoms with Gasteiger partial charge in [-0.2, -0.15) is 0 Å². The maximum atomic E-state index is 12.5. The normalized spacial score (nSPS) is 10.7. The highest BCUT2D eigenvalue weighted by atomic mass is 32.2. The zero-order valence-electron chi connectivity index (χ0n) is 18.3. The Morgan fingerprint density at radius 2 is 1.82 bits per heavy atom. The standard InChI is InChI=1S/C25H23N3O3S2/c1-17-8-11-20(12-9-17)31-15-23(29)26-18-10-13-21-22(14-18)33-25(27-21)32-16-24(30)28(2)19-6-4-3-5-7-19/h3-14H,15-16H2,1-2H3,(H,26,29). The van der Waals surface area contributed by atoms with Crippen LogP contribution < -0.4 is 15.0 Å². The number of anilines is 2. The molecular weight excluding hydrogens is 454 g/mol. The van der Waals surface area contributed by atoms with Crippen LogP contribution in [0, 0.1) is 6.92 Å². The molecule has 2 amide bonds. The predicted molar refractivity (Wildman–Crippen MR) is 135 cm³/mol. The van der Waals surface area contributed by atoms with Crippen molar-refractivity contribution in [3.8, 4) is 5.75 Å². The number of para-hydroxylation sites is 1. The smallest absolute Gasteiger partial charge is 0.262 e. The van der Waals surface area contributed by atoms with Gasteiger partial charge in [-0.1, -0.05) is 47.7 Å². The number of fused-ring (bicyclic) bond motifs is 1.